The van der Waals surface area contributed by atoms with E-state index in [2.05, 4.69) is 24.9 Å². The summed E-state index contributed by atoms with van der Waals surface area (Å²) < 4.78 is 0. The van der Waals surface area contributed by atoms with E-state index in [0.717, 1.165) is 29.9 Å². The number of terminal acetylenes is 1. The normalized spacial score (nSPS) is 19.3. The maximum Gasteiger partial charge on any atom is 0.111 e. The van der Waals surface area contributed by atoms with E-state index in [1.54, 1.807) is 6.08 Å². The summed E-state index contributed by atoms with van der Waals surface area (Å²) in [5.41, 5.74) is 2.59. The van der Waals surface area contributed by atoms with Crippen molar-refractivity contribution in [2.24, 2.45) is 17.0 Å². The van der Waals surface area contributed by atoms with Crippen LogP contribution in [0.5, 0.6) is 0 Å². The van der Waals surface area contributed by atoms with Gasteiger partial charge in [0, 0.05) is 0 Å². The molecule has 1 rings (SSSR count). The lowest BCUT2D eigenvalue weighted by molar-refractivity contribution is 0.585. The van der Waals surface area contributed by atoms with Crippen LogP contribution < -0.4 is 0 Å². The molecule has 92 valence electrons. The number of hydrogen-bond donors (Lipinski definition) is 0. The molecule has 1 atom stereocenters. The first-order valence-corrected chi connectivity index (χ1v) is 6.35. The second-order valence-electron chi connectivity index (χ2n) is 4.84. The van der Waals surface area contributed by atoms with E-state index in [4.69, 9.17) is 6.42 Å². The second-order valence-corrected chi connectivity index (χ2v) is 4.84. The molecule has 0 unspecified atom stereocenters. The Balaban J connectivity index is 3.01. The first kappa shape index (κ1) is 13.7. The highest BCUT2D eigenvalue weighted by atomic mass is 16.3. The lowest BCUT2D eigenvalue weighted by Gasteiger charge is -2.14. The van der Waals surface area contributed by atoms with Crippen LogP contribution in [0.15, 0.2) is 28.1 Å². The fourth-order valence-corrected chi connectivity index (χ4v) is 2.18. The quantitative estimate of drug-likeness (QED) is 0.377. The summed E-state index contributed by atoms with van der Waals surface area (Å²) in [4.78, 5) is 11.1. The van der Waals surface area contributed by atoms with Crippen LogP contribution in [0, 0.1) is 29.1 Å². The van der Waals surface area contributed by atoms with Crippen molar-refractivity contribution >= 4 is 0 Å². The molecule has 0 aliphatic heterocycles. The van der Waals surface area contributed by atoms with Crippen molar-refractivity contribution in [2.75, 3.05) is 0 Å². The molecule has 0 saturated heterocycles. The van der Waals surface area contributed by atoms with Gasteiger partial charge in [-0.1, -0.05) is 26.2 Å². The Morgan fingerprint density at radius 2 is 2.24 bits per heavy atom. The van der Waals surface area contributed by atoms with E-state index >= 15 is 0 Å². The van der Waals surface area contributed by atoms with Gasteiger partial charge in [0.2, 0.25) is 0 Å². The van der Waals surface area contributed by atoms with Gasteiger partial charge < -0.3 is 0 Å². The van der Waals surface area contributed by atoms with E-state index in [0.29, 0.717) is 11.6 Å². The molecule has 1 aliphatic rings. The second kappa shape index (κ2) is 6.39. The molecule has 1 aliphatic carbocycles. The summed E-state index contributed by atoms with van der Waals surface area (Å²) in [7, 11) is 0. The monoisotopic (exact) mass is 231 g/mol. The SMILES string of the molecule is C#C/C=C(CCC)\C(N=O)=C(/C)[C@@H](C)C1CC1. The van der Waals surface area contributed by atoms with Crippen molar-refractivity contribution in [3.05, 3.63) is 27.8 Å². The van der Waals surface area contributed by atoms with Crippen molar-refractivity contribution in [1.29, 1.82) is 0 Å². The largest absolute Gasteiger partial charge is 0.145 e. The van der Waals surface area contributed by atoms with Crippen LogP contribution in [0.1, 0.15) is 46.5 Å². The van der Waals surface area contributed by atoms with Gasteiger partial charge in [-0.25, -0.2) is 0 Å². The van der Waals surface area contributed by atoms with Crippen molar-refractivity contribution in [2.45, 2.75) is 46.5 Å². The highest BCUT2D eigenvalue weighted by Gasteiger charge is 2.30. The van der Waals surface area contributed by atoms with Crippen LogP contribution in [-0.4, -0.2) is 0 Å². The predicted octanol–water partition coefficient (Wildman–Crippen LogP) is 4.43. The number of allylic oxidation sites excluding steroid dienone is 3. The van der Waals surface area contributed by atoms with Gasteiger partial charge in [0.05, 0.1) is 0 Å². The molecule has 2 heteroatoms. The Hall–Kier alpha value is -1.36. The molecule has 1 fully saturated rings. The van der Waals surface area contributed by atoms with E-state index in [9.17, 15) is 4.91 Å². The van der Waals surface area contributed by atoms with Gasteiger partial charge in [-0.15, -0.1) is 11.3 Å². The molecular weight excluding hydrogens is 210 g/mol. The summed E-state index contributed by atoms with van der Waals surface area (Å²) in [6, 6.07) is 0. The van der Waals surface area contributed by atoms with Gasteiger partial charge in [-0.3, -0.25) is 0 Å². The first-order chi connectivity index (χ1) is 8.15. The Labute approximate surface area is 104 Å². The van der Waals surface area contributed by atoms with E-state index in [1.807, 2.05) is 6.92 Å². The van der Waals surface area contributed by atoms with Gasteiger partial charge in [-0.05, 0) is 60.4 Å². The fourth-order valence-electron chi connectivity index (χ4n) is 2.18. The molecule has 0 heterocycles. The Bertz CT molecular complexity index is 380. The Kier molecular flexibility index (Phi) is 5.15. The van der Waals surface area contributed by atoms with Crippen LogP contribution in [0.4, 0.5) is 0 Å². The van der Waals surface area contributed by atoms with Crippen molar-refractivity contribution in [3.63, 3.8) is 0 Å². The molecule has 2 nitrogen and oxygen atoms in total. The van der Waals surface area contributed by atoms with Gasteiger partial charge in [0.15, 0.2) is 0 Å². The topological polar surface area (TPSA) is 29.4 Å². The zero-order chi connectivity index (χ0) is 12.8. The molecule has 0 bridgehead atoms. The fraction of sp³-hybridized carbons (Fsp3) is 0.600. The predicted molar refractivity (Wildman–Crippen MR) is 72.2 cm³/mol. The van der Waals surface area contributed by atoms with Crippen molar-refractivity contribution in [3.8, 4) is 12.3 Å². The van der Waals surface area contributed by atoms with Gasteiger partial charge >= 0.3 is 0 Å². The standard InChI is InChI=1S/C15H21NO/c1-5-7-14(8-6-2)15(16-17)12(4)11(3)13-9-10-13/h1,7,11,13H,6,8-10H2,2-4H3/b14-7-,15-12-/t11-/m1/s1. The molecule has 0 aromatic rings. The Morgan fingerprint density at radius 1 is 1.59 bits per heavy atom. The third-order valence-corrected chi connectivity index (χ3v) is 3.56. The molecular formula is C15H21NO. The number of nitrogens with zero attached hydrogens (tertiary/aromatic N) is 1. The smallest absolute Gasteiger partial charge is 0.111 e. The van der Waals surface area contributed by atoms with Crippen LogP contribution in [0.2, 0.25) is 0 Å². The Morgan fingerprint density at radius 3 is 2.65 bits per heavy atom. The van der Waals surface area contributed by atoms with E-state index < -0.39 is 0 Å². The molecule has 0 spiro atoms. The molecule has 1 saturated carbocycles. The average molecular weight is 231 g/mol. The highest BCUT2D eigenvalue weighted by Crippen LogP contribution is 2.41. The van der Waals surface area contributed by atoms with Crippen molar-refractivity contribution in [1.82, 2.24) is 0 Å². The van der Waals surface area contributed by atoms with Gasteiger partial charge in [0.25, 0.3) is 0 Å². The summed E-state index contributed by atoms with van der Waals surface area (Å²) in [5, 5.41) is 3.22. The molecule has 0 radical (unpaired) electrons. The zero-order valence-corrected chi connectivity index (χ0v) is 11.0. The van der Waals surface area contributed by atoms with Gasteiger partial charge in [-0.2, -0.15) is 0 Å². The van der Waals surface area contributed by atoms with Crippen LogP contribution in [0.25, 0.3) is 0 Å². The molecule has 17 heavy (non-hydrogen) atoms. The highest BCUT2D eigenvalue weighted by molar-refractivity contribution is 5.38. The lowest BCUT2D eigenvalue weighted by Crippen LogP contribution is -2.03. The summed E-state index contributed by atoms with van der Waals surface area (Å²) in [5.74, 6) is 3.69. The third-order valence-electron chi connectivity index (χ3n) is 3.56. The minimum atomic E-state index is 0.445. The summed E-state index contributed by atoms with van der Waals surface area (Å²) in [6.45, 7) is 6.27. The van der Waals surface area contributed by atoms with Crippen LogP contribution >= 0.6 is 0 Å². The molecule has 0 amide bonds. The lowest BCUT2D eigenvalue weighted by atomic mass is 9.92. The zero-order valence-electron chi connectivity index (χ0n) is 11.0. The van der Waals surface area contributed by atoms with Crippen LogP contribution in [-0.2, 0) is 0 Å². The first-order valence-electron chi connectivity index (χ1n) is 6.35. The number of nitroso groups, excluding NO2 is 1. The van der Waals surface area contributed by atoms with E-state index in [1.165, 1.54) is 12.8 Å². The van der Waals surface area contributed by atoms with Gasteiger partial charge in [0.1, 0.15) is 5.70 Å². The minimum Gasteiger partial charge on any atom is -0.145 e. The average Bonchev–Trinajstić information content (AvgIpc) is 3.13. The third kappa shape index (κ3) is 3.56. The maximum atomic E-state index is 11.1. The molecule has 0 N–H and O–H groups in total. The molecule has 0 aromatic carbocycles. The number of rotatable bonds is 6. The summed E-state index contributed by atoms with van der Waals surface area (Å²) >= 11 is 0. The number of hydrogen-bond acceptors (Lipinski definition) is 2. The maximum absolute atomic E-state index is 11.1. The summed E-state index contributed by atoms with van der Waals surface area (Å²) in [6.07, 6.45) is 11.3. The van der Waals surface area contributed by atoms with Crippen LogP contribution in [0.3, 0.4) is 0 Å². The van der Waals surface area contributed by atoms with E-state index in [-0.39, 0.29) is 0 Å². The minimum absolute atomic E-state index is 0.445. The van der Waals surface area contributed by atoms with Crippen molar-refractivity contribution < 1.29 is 0 Å². The molecule has 0 aromatic heterocycles.